The Balaban J connectivity index is 1.45. The lowest BCUT2D eigenvalue weighted by atomic mass is 10.2. The Labute approximate surface area is 231 Å². The molecule has 0 fully saturated rings. The standard InChI is InChI=1S/C24H16Br2ClIN2O4/c1-32-20-7-14(6-19(27)23(20)33-12-13-2-4-17(28)5-3-13)11-29-30-24(31)21-9-15-8-16(25)10-18(26)22(15)34-21/h2-11H,12H2,1H3,(H,30,31)/b29-11-. The Kier molecular flexibility index (Phi) is 8.18. The molecule has 0 aliphatic rings. The molecular formula is C24H16Br2ClIN2O4. The normalized spacial score (nSPS) is 11.2. The number of hydrazone groups is 1. The van der Waals surface area contributed by atoms with Crippen molar-refractivity contribution in [2.75, 3.05) is 7.11 Å². The first kappa shape index (κ1) is 25.0. The summed E-state index contributed by atoms with van der Waals surface area (Å²) >= 11 is 15.5. The highest BCUT2D eigenvalue weighted by atomic mass is 127. The Hall–Kier alpha value is -2.08. The summed E-state index contributed by atoms with van der Waals surface area (Å²) in [7, 11) is 1.53. The number of furan rings is 1. The van der Waals surface area contributed by atoms with Crippen LogP contribution in [0.4, 0.5) is 0 Å². The van der Waals surface area contributed by atoms with Gasteiger partial charge in [0.25, 0.3) is 0 Å². The van der Waals surface area contributed by atoms with Crippen LogP contribution in [0.2, 0.25) is 5.02 Å². The van der Waals surface area contributed by atoms with E-state index in [9.17, 15) is 4.79 Å². The molecule has 0 saturated heterocycles. The average Bonchev–Trinajstić information content (AvgIpc) is 3.23. The summed E-state index contributed by atoms with van der Waals surface area (Å²) in [4.78, 5) is 12.5. The molecule has 4 rings (SSSR count). The smallest absolute Gasteiger partial charge is 0.307 e. The number of methoxy groups -OCH3 is 1. The number of ether oxygens (including phenoxy) is 2. The van der Waals surface area contributed by atoms with Crippen LogP contribution in [0.3, 0.4) is 0 Å². The van der Waals surface area contributed by atoms with Crippen molar-refractivity contribution < 1.29 is 18.7 Å². The minimum absolute atomic E-state index is 0.140. The minimum Gasteiger partial charge on any atom is -0.493 e. The lowest BCUT2D eigenvalue weighted by Gasteiger charge is -2.13. The molecule has 0 saturated carbocycles. The van der Waals surface area contributed by atoms with Crippen molar-refractivity contribution in [2.24, 2.45) is 5.10 Å². The third kappa shape index (κ3) is 5.94. The molecule has 6 nitrogen and oxygen atoms in total. The SMILES string of the molecule is COc1cc(/C=N\NC(=O)c2cc3cc(Br)cc(Br)c3o2)cc(Cl)c1OCc1ccc(I)cc1. The van der Waals surface area contributed by atoms with Gasteiger partial charge in [-0.25, -0.2) is 5.43 Å². The van der Waals surface area contributed by atoms with Crippen LogP contribution in [0, 0.1) is 3.57 Å². The average molecular weight is 719 g/mol. The molecule has 1 N–H and O–H groups in total. The number of halogens is 4. The van der Waals surface area contributed by atoms with Crippen LogP contribution >= 0.6 is 66.1 Å². The van der Waals surface area contributed by atoms with Gasteiger partial charge in [0, 0.05) is 13.4 Å². The highest BCUT2D eigenvalue weighted by Crippen LogP contribution is 2.36. The minimum atomic E-state index is -0.481. The summed E-state index contributed by atoms with van der Waals surface area (Å²) in [5.74, 6) is 0.549. The number of fused-ring (bicyclic) bond motifs is 1. The second kappa shape index (κ2) is 11.1. The predicted octanol–water partition coefficient (Wildman–Crippen LogP) is 7.57. The maximum absolute atomic E-state index is 12.5. The number of rotatable bonds is 7. The Morgan fingerprint density at radius 1 is 1.18 bits per heavy atom. The first-order valence-corrected chi connectivity index (χ1v) is 12.8. The fraction of sp³-hybridized carbons (Fsp3) is 0.0833. The van der Waals surface area contributed by atoms with Crippen LogP contribution in [0.25, 0.3) is 11.0 Å². The number of benzene rings is 3. The van der Waals surface area contributed by atoms with E-state index in [-0.39, 0.29) is 5.76 Å². The van der Waals surface area contributed by atoms with Gasteiger partial charge in [-0.3, -0.25) is 4.79 Å². The zero-order valence-corrected chi connectivity index (χ0v) is 23.7. The van der Waals surface area contributed by atoms with Crippen LogP contribution in [-0.4, -0.2) is 19.2 Å². The van der Waals surface area contributed by atoms with E-state index >= 15 is 0 Å². The lowest BCUT2D eigenvalue weighted by molar-refractivity contribution is 0.0929. The zero-order chi connectivity index (χ0) is 24.2. The molecule has 174 valence electrons. The molecule has 1 amide bonds. The number of nitrogens with zero attached hydrogens (tertiary/aromatic N) is 1. The molecule has 4 aromatic rings. The third-order valence-electron chi connectivity index (χ3n) is 4.69. The predicted molar refractivity (Wildman–Crippen MR) is 148 cm³/mol. The second-order valence-corrected chi connectivity index (χ2v) is 10.5. The van der Waals surface area contributed by atoms with Crippen molar-refractivity contribution in [3.63, 3.8) is 0 Å². The van der Waals surface area contributed by atoms with E-state index in [0.717, 1.165) is 23.5 Å². The molecule has 0 spiro atoms. The third-order valence-corrected chi connectivity index (χ3v) is 6.73. The summed E-state index contributed by atoms with van der Waals surface area (Å²) in [6.07, 6.45) is 1.46. The van der Waals surface area contributed by atoms with Crippen molar-refractivity contribution >= 4 is 89.1 Å². The largest absolute Gasteiger partial charge is 0.493 e. The number of hydrogen-bond acceptors (Lipinski definition) is 5. The topological polar surface area (TPSA) is 73.1 Å². The quantitative estimate of drug-likeness (QED) is 0.122. The van der Waals surface area contributed by atoms with Gasteiger partial charge in [-0.1, -0.05) is 39.7 Å². The van der Waals surface area contributed by atoms with Crippen molar-refractivity contribution in [3.8, 4) is 11.5 Å². The van der Waals surface area contributed by atoms with Gasteiger partial charge < -0.3 is 13.9 Å². The monoisotopic (exact) mass is 716 g/mol. The fourth-order valence-electron chi connectivity index (χ4n) is 3.10. The Morgan fingerprint density at radius 3 is 2.68 bits per heavy atom. The Bertz CT molecular complexity index is 1390. The molecular weight excluding hydrogens is 702 g/mol. The van der Waals surface area contributed by atoms with Crippen molar-refractivity contribution in [1.82, 2.24) is 5.43 Å². The Morgan fingerprint density at radius 2 is 1.94 bits per heavy atom. The highest BCUT2D eigenvalue weighted by molar-refractivity contribution is 14.1. The molecule has 0 bridgehead atoms. The van der Waals surface area contributed by atoms with Crippen molar-refractivity contribution in [1.29, 1.82) is 0 Å². The number of amides is 1. The zero-order valence-electron chi connectivity index (χ0n) is 17.6. The van der Waals surface area contributed by atoms with E-state index in [1.54, 1.807) is 18.2 Å². The second-order valence-electron chi connectivity index (χ2n) is 7.06. The molecule has 0 radical (unpaired) electrons. The molecule has 10 heteroatoms. The molecule has 0 aliphatic heterocycles. The molecule has 0 unspecified atom stereocenters. The number of hydrogen-bond donors (Lipinski definition) is 1. The summed E-state index contributed by atoms with van der Waals surface area (Å²) in [6.45, 7) is 0.348. The summed E-state index contributed by atoms with van der Waals surface area (Å²) in [6, 6.07) is 16.8. The van der Waals surface area contributed by atoms with Crippen molar-refractivity contribution in [3.05, 3.63) is 89.0 Å². The molecule has 0 aliphatic carbocycles. The van der Waals surface area contributed by atoms with Gasteiger partial charge in [0.05, 0.1) is 22.8 Å². The molecule has 1 aromatic heterocycles. The van der Waals surface area contributed by atoms with E-state index < -0.39 is 5.91 Å². The van der Waals surface area contributed by atoms with E-state index in [2.05, 4.69) is 65.0 Å². The van der Waals surface area contributed by atoms with Gasteiger partial charge in [-0.05, 0) is 92.1 Å². The maximum Gasteiger partial charge on any atom is 0.307 e. The van der Waals surface area contributed by atoms with Gasteiger partial charge in [0.15, 0.2) is 17.3 Å². The summed E-state index contributed by atoms with van der Waals surface area (Å²) < 4.78 is 19.7. The number of nitrogens with one attached hydrogen (secondary N) is 1. The van der Waals surface area contributed by atoms with Crippen LogP contribution in [0.1, 0.15) is 21.7 Å². The van der Waals surface area contributed by atoms with Crippen LogP contribution in [-0.2, 0) is 6.61 Å². The van der Waals surface area contributed by atoms with E-state index in [4.69, 9.17) is 25.5 Å². The molecule has 0 atom stereocenters. The van der Waals surface area contributed by atoms with Crippen molar-refractivity contribution in [2.45, 2.75) is 6.61 Å². The van der Waals surface area contributed by atoms with Gasteiger partial charge in [-0.2, -0.15) is 5.10 Å². The molecule has 3 aromatic carbocycles. The van der Waals surface area contributed by atoms with Gasteiger partial charge >= 0.3 is 5.91 Å². The highest BCUT2D eigenvalue weighted by Gasteiger charge is 2.15. The number of carbonyl (C=O) groups is 1. The molecule has 34 heavy (non-hydrogen) atoms. The summed E-state index contributed by atoms with van der Waals surface area (Å²) in [5, 5.41) is 5.17. The first-order valence-electron chi connectivity index (χ1n) is 9.81. The van der Waals surface area contributed by atoms with E-state index in [1.807, 2.05) is 36.4 Å². The van der Waals surface area contributed by atoms with Gasteiger partial charge in [0.2, 0.25) is 0 Å². The number of carbonyl (C=O) groups excluding carboxylic acids is 1. The summed E-state index contributed by atoms with van der Waals surface area (Å²) in [5.41, 5.74) is 4.67. The first-order chi connectivity index (χ1) is 16.3. The van der Waals surface area contributed by atoms with Gasteiger partial charge in [0.1, 0.15) is 12.2 Å². The van der Waals surface area contributed by atoms with Gasteiger partial charge in [-0.15, -0.1) is 0 Å². The molecule has 1 heterocycles. The van der Waals surface area contributed by atoms with E-state index in [0.29, 0.717) is 34.3 Å². The van der Waals surface area contributed by atoms with Crippen LogP contribution in [0.15, 0.2) is 73.1 Å². The van der Waals surface area contributed by atoms with Crippen LogP contribution < -0.4 is 14.9 Å². The van der Waals surface area contributed by atoms with Crippen LogP contribution in [0.5, 0.6) is 11.5 Å². The lowest BCUT2D eigenvalue weighted by Crippen LogP contribution is -2.16. The maximum atomic E-state index is 12.5. The van der Waals surface area contributed by atoms with E-state index in [1.165, 1.54) is 13.3 Å². The fourth-order valence-corrected chi connectivity index (χ4v) is 5.07.